The van der Waals surface area contributed by atoms with Gasteiger partial charge in [0.15, 0.2) is 0 Å². The molecule has 0 aliphatic heterocycles. The predicted molar refractivity (Wildman–Crippen MR) is 183 cm³/mol. The SMILES string of the molecule is CCCCCCCCCCCCCCCCCCCCCCCCCC(=O)NCCOP(=O)(O)OCC(O)COC(=O)CCC. The quantitative estimate of drug-likeness (QED) is 0.0347. The smallest absolute Gasteiger partial charge is 0.463 e. The van der Waals surface area contributed by atoms with E-state index in [2.05, 4.69) is 12.2 Å². The topological polar surface area (TPSA) is 131 Å². The van der Waals surface area contributed by atoms with E-state index in [4.69, 9.17) is 13.8 Å². The number of hydrogen-bond donors (Lipinski definition) is 3. The number of phosphoric ester groups is 1. The van der Waals surface area contributed by atoms with Crippen molar-refractivity contribution in [1.29, 1.82) is 0 Å². The molecule has 9 nitrogen and oxygen atoms in total. The van der Waals surface area contributed by atoms with Crippen LogP contribution in [0.4, 0.5) is 0 Å². The Morgan fingerprint density at radius 3 is 1.44 bits per heavy atom. The molecule has 1 amide bonds. The van der Waals surface area contributed by atoms with Gasteiger partial charge in [0.05, 0.1) is 13.2 Å². The Balaban J connectivity index is 3.39. The summed E-state index contributed by atoms with van der Waals surface area (Å²) in [6.07, 6.45) is 30.8. The molecule has 0 fully saturated rings. The van der Waals surface area contributed by atoms with Gasteiger partial charge in [-0.05, 0) is 12.8 Å². The zero-order valence-corrected chi connectivity index (χ0v) is 30.0. The minimum Gasteiger partial charge on any atom is -0.463 e. The van der Waals surface area contributed by atoms with Crippen molar-refractivity contribution in [3.05, 3.63) is 0 Å². The maximum absolute atomic E-state index is 12.0. The van der Waals surface area contributed by atoms with Gasteiger partial charge >= 0.3 is 13.8 Å². The minimum atomic E-state index is -4.38. The molecule has 45 heavy (non-hydrogen) atoms. The zero-order valence-electron chi connectivity index (χ0n) is 29.1. The molecule has 268 valence electrons. The number of phosphoric acid groups is 1. The molecule has 2 unspecified atom stereocenters. The van der Waals surface area contributed by atoms with Gasteiger partial charge < -0.3 is 20.1 Å². The molecule has 0 aromatic heterocycles. The maximum Gasteiger partial charge on any atom is 0.472 e. The number of carbonyl (C=O) groups excluding carboxylic acids is 2. The van der Waals surface area contributed by atoms with Gasteiger partial charge in [-0.2, -0.15) is 0 Å². The van der Waals surface area contributed by atoms with Crippen LogP contribution in [0.3, 0.4) is 0 Å². The van der Waals surface area contributed by atoms with E-state index in [1.54, 1.807) is 0 Å². The number of nitrogens with one attached hydrogen (secondary N) is 1. The third kappa shape index (κ3) is 34.2. The summed E-state index contributed by atoms with van der Waals surface area (Å²) in [6, 6.07) is 0. The van der Waals surface area contributed by atoms with Crippen molar-refractivity contribution >= 4 is 19.7 Å². The van der Waals surface area contributed by atoms with Crippen LogP contribution in [0.15, 0.2) is 0 Å². The van der Waals surface area contributed by atoms with Crippen molar-refractivity contribution in [2.24, 2.45) is 0 Å². The van der Waals surface area contributed by atoms with Crippen LogP contribution in [0, 0.1) is 0 Å². The number of esters is 1. The van der Waals surface area contributed by atoms with Crippen molar-refractivity contribution in [2.45, 2.75) is 187 Å². The van der Waals surface area contributed by atoms with E-state index in [1.807, 2.05) is 6.92 Å². The van der Waals surface area contributed by atoms with Crippen LogP contribution in [-0.4, -0.2) is 54.3 Å². The monoisotopic (exact) mass is 663 g/mol. The molecule has 0 bridgehead atoms. The maximum atomic E-state index is 12.0. The first kappa shape index (κ1) is 44.0. The van der Waals surface area contributed by atoms with Crippen molar-refractivity contribution in [1.82, 2.24) is 5.32 Å². The summed E-state index contributed by atoms with van der Waals surface area (Å²) in [5, 5.41) is 12.4. The van der Waals surface area contributed by atoms with Gasteiger partial charge in [-0.1, -0.05) is 155 Å². The minimum absolute atomic E-state index is 0.0866. The first-order valence-electron chi connectivity index (χ1n) is 18.5. The number of rotatable bonds is 35. The molecule has 0 saturated heterocycles. The Morgan fingerprint density at radius 1 is 0.600 bits per heavy atom. The number of aliphatic hydroxyl groups is 1. The predicted octanol–water partition coefficient (Wildman–Crippen LogP) is 9.32. The van der Waals surface area contributed by atoms with Gasteiger partial charge in [-0.15, -0.1) is 0 Å². The fourth-order valence-corrected chi connectivity index (χ4v) is 6.00. The van der Waals surface area contributed by atoms with Crippen LogP contribution >= 0.6 is 7.82 Å². The van der Waals surface area contributed by atoms with Crippen molar-refractivity contribution < 1.29 is 37.9 Å². The molecule has 10 heteroatoms. The summed E-state index contributed by atoms with van der Waals surface area (Å²) < 4.78 is 26.2. The fraction of sp³-hybridized carbons (Fsp3) is 0.943. The second-order valence-corrected chi connectivity index (χ2v) is 14.0. The molecule has 0 spiro atoms. The molecule has 0 aliphatic carbocycles. The number of ether oxygens (including phenoxy) is 1. The molecular formula is C35H70NO8P. The summed E-state index contributed by atoms with van der Waals surface area (Å²) >= 11 is 0. The highest BCUT2D eigenvalue weighted by Gasteiger charge is 2.23. The van der Waals surface area contributed by atoms with Crippen LogP contribution in [0.1, 0.15) is 181 Å². The summed E-state index contributed by atoms with van der Waals surface area (Å²) in [6.45, 7) is 3.16. The Labute approximate surface area is 275 Å². The molecule has 2 atom stereocenters. The molecule has 0 saturated carbocycles. The van der Waals surface area contributed by atoms with E-state index in [-0.39, 0.29) is 32.1 Å². The number of aliphatic hydroxyl groups excluding tert-OH is 1. The highest BCUT2D eigenvalue weighted by Crippen LogP contribution is 2.42. The summed E-state index contributed by atoms with van der Waals surface area (Å²) in [4.78, 5) is 32.9. The third-order valence-corrected chi connectivity index (χ3v) is 8.99. The lowest BCUT2D eigenvalue weighted by atomic mass is 10.0. The standard InChI is InChI=1S/C35H70NO8P/c1-3-5-6-7-8-9-10-11-12-13-14-15-16-17-18-19-20-21-22-23-24-25-26-28-34(38)36-29-30-43-45(40,41)44-32-33(37)31-42-35(39)27-4-2/h33,37H,3-32H2,1-2H3,(H,36,38)(H,40,41). The lowest BCUT2D eigenvalue weighted by molar-refractivity contribution is -0.147. The van der Waals surface area contributed by atoms with Crippen LogP contribution in [0.2, 0.25) is 0 Å². The van der Waals surface area contributed by atoms with Crippen molar-refractivity contribution in [3.8, 4) is 0 Å². The molecular weight excluding hydrogens is 593 g/mol. The Kier molecular flexibility index (Phi) is 32.2. The average molecular weight is 664 g/mol. The third-order valence-electron chi connectivity index (χ3n) is 8.01. The molecule has 0 radical (unpaired) electrons. The van der Waals surface area contributed by atoms with Crippen LogP contribution in [0.5, 0.6) is 0 Å². The number of hydrogen-bond acceptors (Lipinski definition) is 7. The normalized spacial score (nSPS) is 13.4. The number of amides is 1. The van der Waals surface area contributed by atoms with E-state index in [0.717, 1.165) is 19.3 Å². The molecule has 3 N–H and O–H groups in total. The van der Waals surface area contributed by atoms with Gasteiger partial charge in [0.1, 0.15) is 12.7 Å². The first-order chi connectivity index (χ1) is 21.8. The van der Waals surface area contributed by atoms with Gasteiger partial charge in [-0.25, -0.2) is 4.57 Å². The van der Waals surface area contributed by atoms with E-state index < -0.39 is 26.5 Å². The molecule has 0 aromatic carbocycles. The molecule has 0 rings (SSSR count). The summed E-state index contributed by atoms with van der Waals surface area (Å²) in [7, 11) is -4.38. The Morgan fingerprint density at radius 2 is 1.02 bits per heavy atom. The van der Waals surface area contributed by atoms with Crippen LogP contribution < -0.4 is 5.32 Å². The Bertz CT molecular complexity index is 724. The zero-order chi connectivity index (χ0) is 33.3. The number of carbonyl (C=O) groups is 2. The lowest BCUT2D eigenvalue weighted by Crippen LogP contribution is -2.27. The lowest BCUT2D eigenvalue weighted by Gasteiger charge is -2.15. The van der Waals surface area contributed by atoms with E-state index in [9.17, 15) is 24.2 Å². The first-order valence-corrected chi connectivity index (χ1v) is 20.0. The highest BCUT2D eigenvalue weighted by molar-refractivity contribution is 7.47. The van der Waals surface area contributed by atoms with E-state index in [0.29, 0.717) is 12.8 Å². The van der Waals surface area contributed by atoms with Crippen LogP contribution in [0.25, 0.3) is 0 Å². The van der Waals surface area contributed by atoms with Crippen LogP contribution in [-0.2, 0) is 27.9 Å². The summed E-state index contributed by atoms with van der Waals surface area (Å²) in [5.41, 5.74) is 0. The van der Waals surface area contributed by atoms with Gasteiger partial charge in [0.25, 0.3) is 0 Å². The fourth-order valence-electron chi connectivity index (χ4n) is 5.24. The second kappa shape index (κ2) is 32.9. The summed E-state index contributed by atoms with van der Waals surface area (Å²) in [5.74, 6) is -0.563. The van der Waals surface area contributed by atoms with Gasteiger partial charge in [0, 0.05) is 19.4 Å². The molecule has 0 aromatic rings. The largest absolute Gasteiger partial charge is 0.472 e. The molecule has 0 aliphatic rings. The second-order valence-electron chi connectivity index (χ2n) is 12.6. The number of unbranched alkanes of at least 4 members (excludes halogenated alkanes) is 22. The average Bonchev–Trinajstić information content (AvgIpc) is 3.01. The molecule has 0 heterocycles. The van der Waals surface area contributed by atoms with Crippen molar-refractivity contribution in [3.63, 3.8) is 0 Å². The van der Waals surface area contributed by atoms with Gasteiger partial charge in [-0.3, -0.25) is 18.6 Å². The van der Waals surface area contributed by atoms with E-state index in [1.165, 1.54) is 128 Å². The Hall–Kier alpha value is -0.990. The highest BCUT2D eigenvalue weighted by atomic mass is 31.2. The van der Waals surface area contributed by atoms with Crippen molar-refractivity contribution in [2.75, 3.05) is 26.4 Å². The van der Waals surface area contributed by atoms with E-state index >= 15 is 0 Å². The van der Waals surface area contributed by atoms with Gasteiger partial charge in [0.2, 0.25) is 5.91 Å².